The molecule has 112 valence electrons. The zero-order valence-electron chi connectivity index (χ0n) is 12.9. The first-order valence-electron chi connectivity index (χ1n) is 7.79. The molecule has 2 unspecified atom stereocenters. The van der Waals surface area contributed by atoms with Gasteiger partial charge in [0, 0.05) is 6.54 Å². The van der Waals surface area contributed by atoms with Gasteiger partial charge in [-0.1, -0.05) is 26.7 Å². The topological polar surface area (TPSA) is 58.4 Å². The van der Waals surface area contributed by atoms with E-state index in [1.165, 1.54) is 32.1 Å². The molecule has 4 nitrogen and oxygen atoms in total. The van der Waals surface area contributed by atoms with Crippen molar-refractivity contribution < 1.29 is 4.79 Å². The summed E-state index contributed by atoms with van der Waals surface area (Å²) in [6, 6.07) is 0. The highest BCUT2D eigenvalue weighted by atomic mass is 16.1. The van der Waals surface area contributed by atoms with E-state index < -0.39 is 5.54 Å². The van der Waals surface area contributed by atoms with E-state index in [4.69, 9.17) is 5.73 Å². The van der Waals surface area contributed by atoms with E-state index in [9.17, 15) is 4.79 Å². The highest BCUT2D eigenvalue weighted by molar-refractivity contribution is 5.84. The number of primary amides is 1. The summed E-state index contributed by atoms with van der Waals surface area (Å²) in [5.41, 5.74) is 4.96. The maximum absolute atomic E-state index is 11.7. The summed E-state index contributed by atoms with van der Waals surface area (Å²) >= 11 is 0. The molecule has 0 bridgehead atoms. The fourth-order valence-corrected chi connectivity index (χ4v) is 3.14. The van der Waals surface area contributed by atoms with Crippen LogP contribution in [-0.2, 0) is 4.79 Å². The molecule has 1 fully saturated rings. The lowest BCUT2D eigenvalue weighted by Crippen LogP contribution is -2.59. The molecule has 1 aliphatic rings. The average Bonchev–Trinajstić information content (AvgIpc) is 2.55. The Morgan fingerprint density at radius 2 is 2.11 bits per heavy atom. The van der Waals surface area contributed by atoms with Gasteiger partial charge in [-0.05, 0) is 51.7 Å². The van der Waals surface area contributed by atoms with Crippen LogP contribution in [0.25, 0.3) is 0 Å². The molecular weight excluding hydrogens is 238 g/mol. The van der Waals surface area contributed by atoms with Crippen LogP contribution in [0.1, 0.15) is 52.9 Å². The number of hydrogen-bond acceptors (Lipinski definition) is 3. The number of carbonyl (C=O) groups is 1. The standard InChI is InChI=1S/C15H31N3O/c1-4-7-13-8-6-10-18(11-9-13)12-15(3,14(16)19)17-5-2/h13,17H,4-12H2,1-3H3,(H2,16,19). The van der Waals surface area contributed by atoms with Crippen molar-refractivity contribution >= 4 is 5.91 Å². The van der Waals surface area contributed by atoms with E-state index in [2.05, 4.69) is 17.1 Å². The van der Waals surface area contributed by atoms with Crippen molar-refractivity contribution in [1.29, 1.82) is 0 Å². The second-order valence-electron chi connectivity index (χ2n) is 6.09. The molecule has 0 radical (unpaired) electrons. The maximum Gasteiger partial charge on any atom is 0.238 e. The first-order chi connectivity index (χ1) is 9.01. The number of amides is 1. The van der Waals surface area contributed by atoms with Gasteiger partial charge in [0.15, 0.2) is 0 Å². The number of likely N-dealkylation sites (tertiary alicyclic amines) is 1. The molecule has 0 saturated carbocycles. The molecule has 0 spiro atoms. The van der Waals surface area contributed by atoms with Crippen molar-refractivity contribution in [3.8, 4) is 0 Å². The molecule has 0 aromatic carbocycles. The third-order valence-corrected chi connectivity index (χ3v) is 4.29. The molecule has 3 N–H and O–H groups in total. The summed E-state index contributed by atoms with van der Waals surface area (Å²) in [7, 11) is 0. The Kier molecular flexibility index (Phi) is 6.80. The predicted octanol–water partition coefficient (Wildman–Crippen LogP) is 1.74. The van der Waals surface area contributed by atoms with Gasteiger partial charge in [0.05, 0.1) is 0 Å². The smallest absolute Gasteiger partial charge is 0.238 e. The Morgan fingerprint density at radius 3 is 2.68 bits per heavy atom. The van der Waals surface area contributed by atoms with Crippen molar-refractivity contribution in [3.05, 3.63) is 0 Å². The lowest BCUT2D eigenvalue weighted by atomic mass is 9.96. The molecule has 1 aliphatic heterocycles. The maximum atomic E-state index is 11.7. The molecule has 0 aliphatic carbocycles. The Balaban J connectivity index is 2.53. The molecule has 0 aromatic heterocycles. The quantitative estimate of drug-likeness (QED) is 0.740. The zero-order chi connectivity index (χ0) is 14.3. The van der Waals surface area contributed by atoms with Crippen molar-refractivity contribution in [2.24, 2.45) is 11.7 Å². The Bertz CT molecular complexity index is 283. The number of rotatable bonds is 7. The van der Waals surface area contributed by atoms with E-state index >= 15 is 0 Å². The summed E-state index contributed by atoms with van der Waals surface area (Å²) < 4.78 is 0. The molecule has 4 heteroatoms. The first kappa shape index (κ1) is 16.4. The number of hydrogen-bond donors (Lipinski definition) is 2. The second kappa shape index (κ2) is 7.85. The van der Waals surface area contributed by atoms with Crippen LogP contribution >= 0.6 is 0 Å². The third-order valence-electron chi connectivity index (χ3n) is 4.29. The van der Waals surface area contributed by atoms with E-state index in [-0.39, 0.29) is 5.91 Å². The minimum Gasteiger partial charge on any atom is -0.368 e. The zero-order valence-corrected chi connectivity index (χ0v) is 12.9. The van der Waals surface area contributed by atoms with Crippen molar-refractivity contribution in [3.63, 3.8) is 0 Å². The number of nitrogens with zero attached hydrogens (tertiary/aromatic N) is 1. The van der Waals surface area contributed by atoms with E-state index in [0.29, 0.717) is 0 Å². The van der Waals surface area contributed by atoms with Crippen LogP contribution in [0, 0.1) is 5.92 Å². The van der Waals surface area contributed by atoms with Crippen molar-refractivity contribution in [2.75, 3.05) is 26.2 Å². The monoisotopic (exact) mass is 269 g/mol. The van der Waals surface area contributed by atoms with Crippen LogP contribution in [-0.4, -0.2) is 42.5 Å². The second-order valence-corrected chi connectivity index (χ2v) is 6.09. The molecule has 2 atom stereocenters. The summed E-state index contributed by atoms with van der Waals surface area (Å²) in [5.74, 6) is 0.623. The summed E-state index contributed by atoms with van der Waals surface area (Å²) in [6.45, 7) is 9.89. The van der Waals surface area contributed by atoms with Crippen LogP contribution in [0.2, 0.25) is 0 Å². The van der Waals surface area contributed by atoms with Gasteiger partial charge in [-0.3, -0.25) is 4.79 Å². The number of nitrogens with one attached hydrogen (secondary N) is 1. The SMILES string of the molecule is CCCC1CCCN(CC(C)(NCC)C(N)=O)CC1. The molecular formula is C15H31N3O. The largest absolute Gasteiger partial charge is 0.368 e. The minimum atomic E-state index is -0.598. The van der Waals surface area contributed by atoms with Crippen LogP contribution in [0.5, 0.6) is 0 Å². The van der Waals surface area contributed by atoms with Crippen molar-refractivity contribution in [1.82, 2.24) is 10.2 Å². The molecule has 1 heterocycles. The summed E-state index contributed by atoms with van der Waals surface area (Å²) in [6.07, 6.45) is 6.45. The van der Waals surface area contributed by atoms with Gasteiger partial charge in [0.25, 0.3) is 0 Å². The predicted molar refractivity (Wildman–Crippen MR) is 80.0 cm³/mol. The van der Waals surface area contributed by atoms with Crippen LogP contribution in [0.4, 0.5) is 0 Å². The average molecular weight is 269 g/mol. The van der Waals surface area contributed by atoms with Crippen molar-refractivity contribution in [2.45, 2.75) is 58.4 Å². The molecule has 0 aromatic rings. The van der Waals surface area contributed by atoms with Gasteiger partial charge in [-0.2, -0.15) is 0 Å². The van der Waals surface area contributed by atoms with Gasteiger partial charge in [0.2, 0.25) is 5.91 Å². The Labute approximate surface area is 118 Å². The lowest BCUT2D eigenvalue weighted by molar-refractivity contribution is -0.124. The number of carbonyl (C=O) groups excluding carboxylic acids is 1. The van der Waals surface area contributed by atoms with Gasteiger partial charge < -0.3 is 16.0 Å². The van der Waals surface area contributed by atoms with E-state index in [1.807, 2.05) is 13.8 Å². The van der Waals surface area contributed by atoms with Gasteiger partial charge in [0.1, 0.15) is 5.54 Å². The number of likely N-dealkylation sites (N-methyl/N-ethyl adjacent to an activating group) is 1. The molecule has 19 heavy (non-hydrogen) atoms. The lowest BCUT2D eigenvalue weighted by Gasteiger charge is -2.33. The first-order valence-corrected chi connectivity index (χ1v) is 7.79. The van der Waals surface area contributed by atoms with E-state index in [1.54, 1.807) is 0 Å². The van der Waals surface area contributed by atoms with Gasteiger partial charge >= 0.3 is 0 Å². The Morgan fingerprint density at radius 1 is 1.37 bits per heavy atom. The molecule has 1 saturated heterocycles. The van der Waals surface area contributed by atoms with Crippen LogP contribution < -0.4 is 11.1 Å². The highest BCUT2D eigenvalue weighted by Crippen LogP contribution is 2.22. The van der Waals surface area contributed by atoms with E-state index in [0.717, 1.165) is 32.1 Å². The van der Waals surface area contributed by atoms with Crippen LogP contribution in [0.3, 0.4) is 0 Å². The fraction of sp³-hybridized carbons (Fsp3) is 0.933. The molecule has 1 amide bonds. The van der Waals surface area contributed by atoms with Gasteiger partial charge in [-0.25, -0.2) is 0 Å². The summed E-state index contributed by atoms with van der Waals surface area (Å²) in [4.78, 5) is 14.1. The summed E-state index contributed by atoms with van der Waals surface area (Å²) in [5, 5.41) is 3.25. The van der Waals surface area contributed by atoms with Gasteiger partial charge in [-0.15, -0.1) is 0 Å². The fourth-order valence-electron chi connectivity index (χ4n) is 3.14. The van der Waals surface area contributed by atoms with Crippen LogP contribution in [0.15, 0.2) is 0 Å². The third kappa shape index (κ3) is 5.11. The Hall–Kier alpha value is -0.610. The normalized spacial score (nSPS) is 24.7. The number of nitrogens with two attached hydrogens (primary N) is 1. The molecule has 1 rings (SSSR count). The highest BCUT2D eigenvalue weighted by Gasteiger charge is 2.32. The minimum absolute atomic E-state index is 0.247.